The van der Waals surface area contributed by atoms with Crippen molar-refractivity contribution in [2.24, 2.45) is 0 Å². The van der Waals surface area contributed by atoms with Crippen LogP contribution in [0.1, 0.15) is 5.56 Å². The molecule has 0 aliphatic heterocycles. The highest BCUT2D eigenvalue weighted by molar-refractivity contribution is 7.89. The molecule has 0 spiro atoms. The van der Waals surface area contributed by atoms with Gasteiger partial charge in [-0.1, -0.05) is 42.5 Å². The van der Waals surface area contributed by atoms with Crippen LogP contribution in [0.4, 0.5) is 17.3 Å². The molecule has 0 fully saturated rings. The highest BCUT2D eigenvalue weighted by Crippen LogP contribution is 2.22. The number of hydrogen-bond acceptors (Lipinski definition) is 7. The molecule has 196 valence electrons. The Hall–Kier alpha value is -4.12. The van der Waals surface area contributed by atoms with E-state index in [1.807, 2.05) is 73.6 Å². The Morgan fingerprint density at radius 2 is 1.55 bits per heavy atom. The number of nitrogens with one attached hydrogen (secondary N) is 3. The molecule has 4 aromatic rings. The molecule has 0 aliphatic rings. The minimum Gasteiger partial charge on any atom is -0.326 e. The first-order chi connectivity index (χ1) is 18.3. The Bertz CT molecular complexity index is 1460. The van der Waals surface area contributed by atoms with Crippen LogP contribution in [0.15, 0.2) is 96.0 Å². The van der Waals surface area contributed by atoms with E-state index in [1.54, 1.807) is 24.4 Å². The summed E-state index contributed by atoms with van der Waals surface area (Å²) in [5, 5.41) is 6.02. The number of carbonyl (C=O) groups excluding carboxylic acids is 1. The van der Waals surface area contributed by atoms with Crippen LogP contribution in [-0.4, -0.2) is 56.4 Å². The van der Waals surface area contributed by atoms with Gasteiger partial charge in [0.2, 0.25) is 21.9 Å². The standard InChI is InChI=1S/C28H30N6O3S/c1-34(2)19-18-30-38(36,37)25-14-12-24(13-15-25)32-28-29-17-16-26(33-28)22-8-10-23(11-9-22)31-27(35)20-21-6-4-3-5-7-21/h3-17,30H,18-20H2,1-2H3,(H,31,35)(H,29,32,33). The molecule has 4 rings (SSSR count). The summed E-state index contributed by atoms with van der Waals surface area (Å²) in [6, 6.07) is 25.2. The van der Waals surface area contributed by atoms with Crippen LogP contribution in [0.5, 0.6) is 0 Å². The minimum atomic E-state index is -3.58. The van der Waals surface area contributed by atoms with Crippen molar-refractivity contribution >= 4 is 33.3 Å². The number of sulfonamides is 1. The number of anilines is 3. The Kier molecular flexibility index (Phi) is 8.80. The second kappa shape index (κ2) is 12.4. The fraction of sp³-hybridized carbons (Fsp3) is 0.179. The van der Waals surface area contributed by atoms with Gasteiger partial charge < -0.3 is 15.5 Å². The molecule has 0 radical (unpaired) electrons. The Morgan fingerprint density at radius 3 is 2.24 bits per heavy atom. The third-order valence-electron chi connectivity index (χ3n) is 5.60. The summed E-state index contributed by atoms with van der Waals surface area (Å²) in [5.41, 5.74) is 3.88. The zero-order valence-corrected chi connectivity index (χ0v) is 22.1. The lowest BCUT2D eigenvalue weighted by molar-refractivity contribution is -0.115. The van der Waals surface area contributed by atoms with Crippen molar-refractivity contribution in [2.45, 2.75) is 11.3 Å². The Labute approximate surface area is 223 Å². The Balaban J connectivity index is 1.37. The van der Waals surface area contributed by atoms with E-state index in [-0.39, 0.29) is 10.8 Å². The molecule has 3 aromatic carbocycles. The maximum absolute atomic E-state index is 12.5. The van der Waals surface area contributed by atoms with Gasteiger partial charge in [0, 0.05) is 36.2 Å². The topological polar surface area (TPSA) is 116 Å². The van der Waals surface area contributed by atoms with E-state index in [9.17, 15) is 13.2 Å². The van der Waals surface area contributed by atoms with Gasteiger partial charge >= 0.3 is 0 Å². The first kappa shape index (κ1) is 26.9. The number of likely N-dealkylation sites (N-methyl/N-ethyl adjacent to an activating group) is 1. The molecule has 10 heteroatoms. The van der Waals surface area contributed by atoms with Gasteiger partial charge in [0.1, 0.15) is 0 Å². The van der Waals surface area contributed by atoms with Crippen molar-refractivity contribution < 1.29 is 13.2 Å². The molecule has 9 nitrogen and oxygen atoms in total. The van der Waals surface area contributed by atoms with Crippen molar-refractivity contribution in [3.8, 4) is 11.3 Å². The van der Waals surface area contributed by atoms with Crippen LogP contribution in [-0.2, 0) is 21.2 Å². The van der Waals surface area contributed by atoms with Crippen LogP contribution < -0.4 is 15.4 Å². The summed E-state index contributed by atoms with van der Waals surface area (Å²) in [6.45, 7) is 0.940. The van der Waals surface area contributed by atoms with Gasteiger partial charge in [0.15, 0.2) is 0 Å². The third kappa shape index (κ3) is 7.69. The maximum atomic E-state index is 12.5. The van der Waals surface area contributed by atoms with E-state index in [4.69, 9.17) is 0 Å². The number of nitrogens with zero attached hydrogens (tertiary/aromatic N) is 3. The molecule has 0 aliphatic carbocycles. The van der Waals surface area contributed by atoms with Gasteiger partial charge in [0.05, 0.1) is 17.0 Å². The third-order valence-corrected chi connectivity index (χ3v) is 7.08. The maximum Gasteiger partial charge on any atom is 0.240 e. The van der Waals surface area contributed by atoms with Gasteiger partial charge in [-0.3, -0.25) is 4.79 Å². The van der Waals surface area contributed by atoms with Crippen molar-refractivity contribution in [1.82, 2.24) is 19.6 Å². The molecule has 0 bridgehead atoms. The smallest absolute Gasteiger partial charge is 0.240 e. The number of amides is 1. The molecule has 1 amide bonds. The number of benzene rings is 3. The van der Waals surface area contributed by atoms with Crippen molar-refractivity contribution in [1.29, 1.82) is 0 Å². The average molecular weight is 531 g/mol. The summed E-state index contributed by atoms with van der Waals surface area (Å²) in [5.74, 6) is 0.295. The van der Waals surface area contributed by atoms with Crippen molar-refractivity contribution in [3.05, 3.63) is 96.7 Å². The number of rotatable bonds is 11. The van der Waals surface area contributed by atoms with E-state index < -0.39 is 10.0 Å². The van der Waals surface area contributed by atoms with Gasteiger partial charge in [-0.15, -0.1) is 0 Å². The fourth-order valence-electron chi connectivity index (χ4n) is 3.62. The first-order valence-electron chi connectivity index (χ1n) is 12.1. The molecular weight excluding hydrogens is 500 g/mol. The summed E-state index contributed by atoms with van der Waals surface area (Å²) in [7, 11) is 0.189. The summed E-state index contributed by atoms with van der Waals surface area (Å²) in [4.78, 5) is 23.3. The lowest BCUT2D eigenvalue weighted by Gasteiger charge is -2.11. The fourth-order valence-corrected chi connectivity index (χ4v) is 4.64. The predicted octanol–water partition coefficient (Wildman–Crippen LogP) is 3.91. The molecule has 1 heterocycles. The van der Waals surface area contributed by atoms with Crippen LogP contribution in [0.25, 0.3) is 11.3 Å². The second-order valence-electron chi connectivity index (χ2n) is 8.90. The summed E-state index contributed by atoms with van der Waals surface area (Å²) in [6.07, 6.45) is 1.96. The van der Waals surface area contributed by atoms with Gasteiger partial charge in [-0.25, -0.2) is 23.1 Å². The number of aromatic nitrogens is 2. The van der Waals surface area contributed by atoms with Crippen LogP contribution in [0, 0.1) is 0 Å². The van der Waals surface area contributed by atoms with Crippen LogP contribution >= 0.6 is 0 Å². The minimum absolute atomic E-state index is 0.0827. The first-order valence-corrected chi connectivity index (χ1v) is 13.6. The predicted molar refractivity (Wildman–Crippen MR) is 150 cm³/mol. The van der Waals surface area contributed by atoms with Crippen LogP contribution in [0.3, 0.4) is 0 Å². The number of carbonyl (C=O) groups is 1. The SMILES string of the molecule is CN(C)CCNS(=O)(=O)c1ccc(Nc2nccc(-c3ccc(NC(=O)Cc4ccccc4)cc3)n2)cc1. The van der Waals surface area contributed by atoms with E-state index in [0.717, 1.165) is 11.1 Å². The highest BCUT2D eigenvalue weighted by atomic mass is 32.2. The Morgan fingerprint density at radius 1 is 0.868 bits per heavy atom. The average Bonchev–Trinajstić information content (AvgIpc) is 2.90. The van der Waals surface area contributed by atoms with E-state index >= 15 is 0 Å². The molecule has 0 atom stereocenters. The largest absolute Gasteiger partial charge is 0.326 e. The van der Waals surface area contributed by atoms with E-state index in [1.165, 1.54) is 12.1 Å². The lowest BCUT2D eigenvalue weighted by Crippen LogP contribution is -2.31. The molecule has 1 aromatic heterocycles. The molecule has 0 saturated carbocycles. The lowest BCUT2D eigenvalue weighted by atomic mass is 10.1. The van der Waals surface area contributed by atoms with E-state index in [2.05, 4.69) is 25.3 Å². The second-order valence-corrected chi connectivity index (χ2v) is 10.7. The zero-order chi connectivity index (χ0) is 27.0. The number of hydrogen-bond donors (Lipinski definition) is 3. The molecule has 0 saturated heterocycles. The highest BCUT2D eigenvalue weighted by Gasteiger charge is 2.13. The van der Waals surface area contributed by atoms with Gasteiger partial charge in [-0.05, 0) is 62.1 Å². The molecule has 38 heavy (non-hydrogen) atoms. The van der Waals surface area contributed by atoms with Gasteiger partial charge in [0.25, 0.3) is 0 Å². The zero-order valence-electron chi connectivity index (χ0n) is 21.3. The van der Waals surface area contributed by atoms with Gasteiger partial charge in [-0.2, -0.15) is 0 Å². The quantitative estimate of drug-likeness (QED) is 0.269. The molecule has 3 N–H and O–H groups in total. The summed E-state index contributed by atoms with van der Waals surface area (Å²) >= 11 is 0. The molecule has 0 unspecified atom stereocenters. The van der Waals surface area contributed by atoms with Crippen molar-refractivity contribution in [3.63, 3.8) is 0 Å². The normalized spacial score (nSPS) is 11.3. The van der Waals surface area contributed by atoms with E-state index in [0.29, 0.717) is 42.5 Å². The summed E-state index contributed by atoms with van der Waals surface area (Å²) < 4.78 is 27.5. The van der Waals surface area contributed by atoms with Crippen molar-refractivity contribution in [2.75, 3.05) is 37.8 Å². The molecular formula is C28H30N6O3S. The monoisotopic (exact) mass is 530 g/mol. The van der Waals surface area contributed by atoms with Crippen LogP contribution in [0.2, 0.25) is 0 Å².